The monoisotopic (exact) mass is 246 g/mol. The highest BCUT2D eigenvalue weighted by molar-refractivity contribution is 5.28. The van der Waals surface area contributed by atoms with Gasteiger partial charge in [0.05, 0.1) is 7.11 Å². The number of methoxy groups -OCH3 is 1. The molecule has 0 radical (unpaired) electrons. The van der Waals surface area contributed by atoms with Crippen molar-refractivity contribution in [2.75, 3.05) is 20.7 Å². The van der Waals surface area contributed by atoms with Gasteiger partial charge in [0.2, 0.25) is 0 Å². The smallest absolute Gasteiger partial charge is 0.119 e. The molecule has 98 valence electrons. The lowest BCUT2D eigenvalue weighted by Crippen LogP contribution is -2.25. The summed E-state index contributed by atoms with van der Waals surface area (Å²) in [5, 5.41) is 0. The highest BCUT2D eigenvalue weighted by Crippen LogP contribution is 2.19. The predicted octanol–water partition coefficient (Wildman–Crippen LogP) is 2.03. The zero-order valence-corrected chi connectivity index (χ0v) is 11.2. The van der Waals surface area contributed by atoms with Gasteiger partial charge in [0.25, 0.3) is 0 Å². The minimum absolute atomic E-state index is 0.250. The molecule has 0 aliphatic heterocycles. The van der Waals surface area contributed by atoms with Crippen LogP contribution in [0.25, 0.3) is 0 Å². The fraction of sp³-hybridized carbons (Fsp3) is 0.467. The fourth-order valence-electron chi connectivity index (χ4n) is 2.49. The second-order valence-corrected chi connectivity index (χ2v) is 5.09. The van der Waals surface area contributed by atoms with Crippen molar-refractivity contribution in [3.63, 3.8) is 0 Å². The van der Waals surface area contributed by atoms with E-state index < -0.39 is 0 Å². The maximum Gasteiger partial charge on any atom is 0.119 e. The van der Waals surface area contributed by atoms with Gasteiger partial charge in [-0.25, -0.2) is 0 Å². The van der Waals surface area contributed by atoms with Gasteiger partial charge in [0, 0.05) is 19.1 Å². The van der Waals surface area contributed by atoms with Crippen molar-refractivity contribution in [3.8, 4) is 5.75 Å². The summed E-state index contributed by atoms with van der Waals surface area (Å²) in [6.45, 7) is 2.00. The van der Waals surface area contributed by atoms with E-state index in [4.69, 9.17) is 10.5 Å². The molecule has 1 aromatic carbocycles. The largest absolute Gasteiger partial charge is 0.497 e. The Morgan fingerprint density at radius 3 is 2.89 bits per heavy atom. The maximum absolute atomic E-state index is 5.87. The fourth-order valence-corrected chi connectivity index (χ4v) is 2.49. The van der Waals surface area contributed by atoms with E-state index in [0.717, 1.165) is 25.3 Å². The Morgan fingerprint density at radius 1 is 1.39 bits per heavy atom. The molecular weight excluding hydrogens is 224 g/mol. The van der Waals surface area contributed by atoms with Gasteiger partial charge >= 0.3 is 0 Å². The van der Waals surface area contributed by atoms with Gasteiger partial charge in [-0.2, -0.15) is 0 Å². The number of nitrogens with zero attached hydrogens (tertiary/aromatic N) is 1. The van der Waals surface area contributed by atoms with Crippen molar-refractivity contribution >= 4 is 0 Å². The normalized spacial score (nSPS) is 22.7. The molecule has 0 heterocycles. The molecular formula is C15H22N2O. The van der Waals surface area contributed by atoms with Crippen LogP contribution in [0.2, 0.25) is 0 Å². The first kappa shape index (κ1) is 13.1. The summed E-state index contributed by atoms with van der Waals surface area (Å²) in [6, 6.07) is 8.48. The summed E-state index contributed by atoms with van der Waals surface area (Å²) in [5.41, 5.74) is 7.15. The number of hydrogen-bond donors (Lipinski definition) is 1. The summed E-state index contributed by atoms with van der Waals surface area (Å²) in [7, 11) is 3.85. The Morgan fingerprint density at radius 2 is 2.22 bits per heavy atom. The number of ether oxygens (including phenoxy) is 1. The van der Waals surface area contributed by atoms with Crippen LogP contribution in [0.1, 0.15) is 12.0 Å². The molecule has 3 nitrogen and oxygen atoms in total. The Balaban J connectivity index is 1.86. The number of nitrogens with two attached hydrogens (primary N) is 1. The van der Waals surface area contributed by atoms with Gasteiger partial charge in [0.1, 0.15) is 5.75 Å². The SMILES string of the molecule is COc1cccc(CN(C)CC2C=CC(N)C2)c1. The van der Waals surface area contributed by atoms with E-state index >= 15 is 0 Å². The van der Waals surface area contributed by atoms with Crippen molar-refractivity contribution < 1.29 is 4.74 Å². The van der Waals surface area contributed by atoms with Crippen LogP contribution in [0.4, 0.5) is 0 Å². The topological polar surface area (TPSA) is 38.5 Å². The Kier molecular flexibility index (Phi) is 4.39. The van der Waals surface area contributed by atoms with Crippen LogP contribution in [-0.4, -0.2) is 31.6 Å². The van der Waals surface area contributed by atoms with Crippen LogP contribution in [0.3, 0.4) is 0 Å². The zero-order valence-electron chi connectivity index (χ0n) is 11.2. The Labute approximate surface area is 109 Å². The van der Waals surface area contributed by atoms with Crippen molar-refractivity contribution in [2.45, 2.75) is 19.0 Å². The molecule has 0 amide bonds. The average Bonchev–Trinajstić information content (AvgIpc) is 2.74. The molecule has 2 unspecified atom stereocenters. The third-order valence-corrected chi connectivity index (χ3v) is 3.34. The van der Waals surface area contributed by atoms with Gasteiger partial charge in [-0.05, 0) is 37.1 Å². The van der Waals surface area contributed by atoms with Crippen molar-refractivity contribution in [1.29, 1.82) is 0 Å². The maximum atomic E-state index is 5.87. The van der Waals surface area contributed by atoms with E-state index in [1.807, 2.05) is 12.1 Å². The van der Waals surface area contributed by atoms with Crippen LogP contribution >= 0.6 is 0 Å². The molecule has 0 saturated heterocycles. The second kappa shape index (κ2) is 6.03. The highest BCUT2D eigenvalue weighted by Gasteiger charge is 2.17. The summed E-state index contributed by atoms with van der Waals surface area (Å²) in [4.78, 5) is 2.34. The molecule has 0 saturated carbocycles. The summed E-state index contributed by atoms with van der Waals surface area (Å²) in [6.07, 6.45) is 5.43. The van der Waals surface area contributed by atoms with E-state index in [0.29, 0.717) is 5.92 Å². The standard InChI is InChI=1S/C15H22N2O/c1-17(11-13-6-7-14(16)8-13)10-12-4-3-5-15(9-12)18-2/h3-7,9,13-14H,8,10-11,16H2,1-2H3. The minimum Gasteiger partial charge on any atom is -0.497 e. The third kappa shape index (κ3) is 3.59. The van der Waals surface area contributed by atoms with Gasteiger partial charge in [-0.1, -0.05) is 24.3 Å². The molecule has 3 heteroatoms. The van der Waals surface area contributed by atoms with Gasteiger partial charge in [0.15, 0.2) is 0 Å². The number of benzene rings is 1. The number of hydrogen-bond acceptors (Lipinski definition) is 3. The molecule has 2 rings (SSSR count). The van der Waals surface area contributed by atoms with E-state index in [1.54, 1.807) is 7.11 Å². The predicted molar refractivity (Wildman–Crippen MR) is 74.6 cm³/mol. The molecule has 1 aliphatic carbocycles. The van der Waals surface area contributed by atoms with Crippen LogP contribution in [0.15, 0.2) is 36.4 Å². The first-order valence-corrected chi connectivity index (χ1v) is 6.43. The quantitative estimate of drug-likeness (QED) is 0.808. The number of rotatable bonds is 5. The molecule has 0 spiro atoms. The molecule has 0 bridgehead atoms. The lowest BCUT2D eigenvalue weighted by Gasteiger charge is -2.20. The minimum atomic E-state index is 0.250. The van der Waals surface area contributed by atoms with E-state index in [1.165, 1.54) is 5.56 Å². The lowest BCUT2D eigenvalue weighted by molar-refractivity contribution is 0.288. The molecule has 1 aromatic rings. The summed E-state index contributed by atoms with van der Waals surface area (Å²) >= 11 is 0. The van der Waals surface area contributed by atoms with Crippen LogP contribution in [-0.2, 0) is 6.54 Å². The van der Waals surface area contributed by atoms with E-state index in [9.17, 15) is 0 Å². The first-order valence-electron chi connectivity index (χ1n) is 6.43. The molecule has 18 heavy (non-hydrogen) atoms. The summed E-state index contributed by atoms with van der Waals surface area (Å²) < 4.78 is 5.24. The average molecular weight is 246 g/mol. The van der Waals surface area contributed by atoms with Crippen molar-refractivity contribution in [1.82, 2.24) is 4.90 Å². The summed E-state index contributed by atoms with van der Waals surface area (Å²) in [5.74, 6) is 1.51. The zero-order chi connectivity index (χ0) is 13.0. The van der Waals surface area contributed by atoms with Gasteiger partial charge < -0.3 is 15.4 Å². The van der Waals surface area contributed by atoms with E-state index in [2.05, 4.69) is 36.2 Å². The molecule has 2 N–H and O–H groups in total. The van der Waals surface area contributed by atoms with Crippen molar-refractivity contribution in [3.05, 3.63) is 42.0 Å². The second-order valence-electron chi connectivity index (χ2n) is 5.09. The van der Waals surface area contributed by atoms with Crippen molar-refractivity contribution in [2.24, 2.45) is 11.7 Å². The first-order chi connectivity index (χ1) is 8.67. The Hall–Kier alpha value is -1.32. The third-order valence-electron chi connectivity index (χ3n) is 3.34. The lowest BCUT2D eigenvalue weighted by atomic mass is 10.1. The molecule has 0 fully saturated rings. The molecule has 0 aromatic heterocycles. The molecule has 2 atom stereocenters. The Bertz CT molecular complexity index is 417. The highest BCUT2D eigenvalue weighted by atomic mass is 16.5. The van der Waals surface area contributed by atoms with Crippen LogP contribution < -0.4 is 10.5 Å². The van der Waals surface area contributed by atoms with E-state index in [-0.39, 0.29) is 6.04 Å². The van der Waals surface area contributed by atoms with Crippen LogP contribution in [0.5, 0.6) is 5.75 Å². The molecule has 1 aliphatic rings. The van der Waals surface area contributed by atoms with Gasteiger partial charge in [-0.3, -0.25) is 0 Å². The van der Waals surface area contributed by atoms with Crippen LogP contribution in [0, 0.1) is 5.92 Å². The van der Waals surface area contributed by atoms with Gasteiger partial charge in [-0.15, -0.1) is 0 Å².